The fourth-order valence-electron chi connectivity index (χ4n) is 0.984. The molecule has 1 aromatic heterocycles. The van der Waals surface area contributed by atoms with Gasteiger partial charge in [0, 0.05) is 9.13 Å². The molecule has 0 aliphatic carbocycles. The van der Waals surface area contributed by atoms with Crippen LogP contribution in [0, 0.1) is 21.8 Å². The minimum absolute atomic E-state index is 0.0511. The third kappa shape index (κ3) is 3.52. The maximum absolute atomic E-state index is 12.0. The number of nitriles is 1. The third-order valence-electron chi connectivity index (χ3n) is 1.69. The predicted molar refractivity (Wildman–Crippen MR) is 57.7 cm³/mol. The molecule has 0 bridgehead atoms. The van der Waals surface area contributed by atoms with Crippen LogP contribution in [0.1, 0.15) is 11.3 Å². The zero-order valence-corrected chi connectivity index (χ0v) is 10.3. The summed E-state index contributed by atoms with van der Waals surface area (Å²) in [6, 6.07) is 3.38. The van der Waals surface area contributed by atoms with E-state index in [0.717, 1.165) is 0 Å². The third-order valence-corrected chi connectivity index (χ3v) is 2.81. The highest BCUT2D eigenvalue weighted by atomic mass is 127. The monoisotopic (exact) mass is 342 g/mol. The van der Waals surface area contributed by atoms with Gasteiger partial charge in [0.1, 0.15) is 0 Å². The zero-order chi connectivity index (χ0) is 12.3. The molecule has 0 saturated heterocycles. The Morgan fingerprint density at radius 1 is 1.56 bits per heavy atom. The SMILES string of the molecule is Cc1c(I)cc(CC#N)nc1OC(F)(F)F. The molecule has 1 heterocycles. The maximum Gasteiger partial charge on any atom is 0.574 e. The Kier molecular flexibility index (Phi) is 3.96. The minimum atomic E-state index is -4.77. The Morgan fingerprint density at radius 2 is 2.19 bits per heavy atom. The first-order valence-corrected chi connectivity index (χ1v) is 5.20. The van der Waals surface area contributed by atoms with Crippen LogP contribution in [-0.2, 0) is 6.42 Å². The molecule has 16 heavy (non-hydrogen) atoms. The number of aromatic nitrogens is 1. The van der Waals surface area contributed by atoms with Crippen molar-refractivity contribution in [3.8, 4) is 11.9 Å². The molecule has 0 fully saturated rings. The van der Waals surface area contributed by atoms with E-state index in [1.807, 2.05) is 28.7 Å². The first-order chi connectivity index (χ1) is 7.33. The van der Waals surface area contributed by atoms with E-state index >= 15 is 0 Å². The molecule has 1 rings (SSSR count). The smallest absolute Gasteiger partial charge is 0.388 e. The van der Waals surface area contributed by atoms with Crippen molar-refractivity contribution in [1.29, 1.82) is 5.26 Å². The quantitative estimate of drug-likeness (QED) is 0.777. The van der Waals surface area contributed by atoms with E-state index in [1.54, 1.807) is 6.07 Å². The van der Waals surface area contributed by atoms with Crippen LogP contribution in [0.4, 0.5) is 13.2 Å². The van der Waals surface area contributed by atoms with Gasteiger partial charge < -0.3 is 4.74 Å². The van der Waals surface area contributed by atoms with Crippen LogP contribution in [-0.4, -0.2) is 11.3 Å². The highest BCUT2D eigenvalue weighted by Gasteiger charge is 2.33. The summed E-state index contributed by atoms with van der Waals surface area (Å²) in [5, 5.41) is 8.45. The molecular weight excluding hydrogens is 336 g/mol. The van der Waals surface area contributed by atoms with Gasteiger partial charge in [-0.1, -0.05) is 0 Å². The van der Waals surface area contributed by atoms with Gasteiger partial charge in [0.05, 0.1) is 18.2 Å². The number of alkyl halides is 3. The van der Waals surface area contributed by atoms with Crippen LogP contribution in [0.25, 0.3) is 0 Å². The lowest BCUT2D eigenvalue weighted by atomic mass is 10.2. The number of hydrogen-bond acceptors (Lipinski definition) is 3. The summed E-state index contributed by atoms with van der Waals surface area (Å²) in [4.78, 5) is 3.64. The molecule has 0 radical (unpaired) electrons. The van der Waals surface area contributed by atoms with E-state index in [-0.39, 0.29) is 12.1 Å². The van der Waals surface area contributed by atoms with E-state index in [2.05, 4.69) is 9.72 Å². The van der Waals surface area contributed by atoms with E-state index in [0.29, 0.717) is 9.13 Å². The van der Waals surface area contributed by atoms with E-state index in [9.17, 15) is 13.2 Å². The Hall–Kier alpha value is -1.04. The van der Waals surface area contributed by atoms with Crippen LogP contribution in [0.5, 0.6) is 5.88 Å². The number of halogens is 4. The van der Waals surface area contributed by atoms with Crippen molar-refractivity contribution in [2.75, 3.05) is 0 Å². The second-order valence-electron chi connectivity index (χ2n) is 2.91. The van der Waals surface area contributed by atoms with Crippen molar-refractivity contribution in [3.63, 3.8) is 0 Å². The van der Waals surface area contributed by atoms with E-state index in [1.165, 1.54) is 6.92 Å². The van der Waals surface area contributed by atoms with E-state index in [4.69, 9.17) is 5.26 Å². The van der Waals surface area contributed by atoms with Gasteiger partial charge in [0.25, 0.3) is 0 Å². The van der Waals surface area contributed by atoms with Crippen molar-refractivity contribution in [1.82, 2.24) is 4.98 Å². The van der Waals surface area contributed by atoms with Gasteiger partial charge in [-0.25, -0.2) is 4.98 Å². The van der Waals surface area contributed by atoms with Gasteiger partial charge in [-0.2, -0.15) is 5.26 Å². The number of nitrogens with zero attached hydrogens (tertiary/aromatic N) is 2. The lowest BCUT2D eigenvalue weighted by molar-refractivity contribution is -0.276. The van der Waals surface area contributed by atoms with Crippen molar-refractivity contribution in [2.45, 2.75) is 19.7 Å². The van der Waals surface area contributed by atoms with Gasteiger partial charge in [-0.05, 0) is 35.6 Å². The molecular formula is C9H6F3IN2O. The van der Waals surface area contributed by atoms with Crippen molar-refractivity contribution >= 4 is 22.6 Å². The largest absolute Gasteiger partial charge is 0.574 e. The lowest BCUT2D eigenvalue weighted by Gasteiger charge is -2.12. The van der Waals surface area contributed by atoms with Crippen LogP contribution < -0.4 is 4.74 Å². The molecule has 0 N–H and O–H groups in total. The molecule has 0 amide bonds. The van der Waals surface area contributed by atoms with E-state index < -0.39 is 12.2 Å². The summed E-state index contributed by atoms with van der Waals surface area (Å²) < 4.78 is 40.5. The second kappa shape index (κ2) is 4.86. The summed E-state index contributed by atoms with van der Waals surface area (Å²) in [6.45, 7) is 1.48. The van der Waals surface area contributed by atoms with Crippen LogP contribution >= 0.6 is 22.6 Å². The summed E-state index contributed by atoms with van der Waals surface area (Å²) in [7, 11) is 0. The van der Waals surface area contributed by atoms with Gasteiger partial charge >= 0.3 is 6.36 Å². The summed E-state index contributed by atoms with van der Waals surface area (Å²) in [5.74, 6) is -0.496. The first-order valence-electron chi connectivity index (χ1n) is 4.12. The number of pyridine rings is 1. The van der Waals surface area contributed by atoms with Crippen LogP contribution in [0.3, 0.4) is 0 Å². The molecule has 0 atom stereocenters. The Bertz CT molecular complexity index is 440. The lowest BCUT2D eigenvalue weighted by Crippen LogP contribution is -2.19. The number of hydrogen-bond donors (Lipinski definition) is 0. The molecule has 1 aromatic rings. The van der Waals surface area contributed by atoms with Crippen molar-refractivity contribution < 1.29 is 17.9 Å². The molecule has 86 valence electrons. The average molecular weight is 342 g/mol. The minimum Gasteiger partial charge on any atom is -0.388 e. The summed E-state index contributed by atoms with van der Waals surface area (Å²) >= 11 is 1.87. The Balaban J connectivity index is 3.12. The highest BCUT2D eigenvalue weighted by Crippen LogP contribution is 2.27. The molecule has 0 aliphatic rings. The highest BCUT2D eigenvalue weighted by molar-refractivity contribution is 14.1. The van der Waals surface area contributed by atoms with Gasteiger partial charge in [-0.15, -0.1) is 13.2 Å². The average Bonchev–Trinajstić information content (AvgIpc) is 2.11. The zero-order valence-electron chi connectivity index (χ0n) is 8.10. The topological polar surface area (TPSA) is 45.9 Å². The van der Waals surface area contributed by atoms with Gasteiger partial charge in [-0.3, -0.25) is 0 Å². The van der Waals surface area contributed by atoms with Crippen LogP contribution in [0.15, 0.2) is 6.07 Å². The van der Waals surface area contributed by atoms with Crippen molar-refractivity contribution in [2.24, 2.45) is 0 Å². The predicted octanol–water partition coefficient (Wildman–Crippen LogP) is 2.96. The molecule has 0 unspecified atom stereocenters. The molecule has 0 spiro atoms. The molecule has 0 saturated carbocycles. The van der Waals surface area contributed by atoms with Gasteiger partial charge in [0.2, 0.25) is 5.88 Å². The maximum atomic E-state index is 12.0. The van der Waals surface area contributed by atoms with Crippen LogP contribution in [0.2, 0.25) is 0 Å². The van der Waals surface area contributed by atoms with Crippen molar-refractivity contribution in [3.05, 3.63) is 20.9 Å². The Morgan fingerprint density at radius 3 is 2.69 bits per heavy atom. The first kappa shape index (κ1) is 13.0. The van der Waals surface area contributed by atoms with Gasteiger partial charge in [0.15, 0.2) is 0 Å². The fourth-order valence-corrected chi connectivity index (χ4v) is 1.57. The summed E-state index contributed by atoms with van der Waals surface area (Å²) in [5.41, 5.74) is 0.566. The summed E-state index contributed by atoms with van der Waals surface area (Å²) in [6.07, 6.45) is -4.82. The molecule has 7 heteroatoms. The number of ether oxygens (including phenoxy) is 1. The normalized spacial score (nSPS) is 11.0. The number of rotatable bonds is 2. The molecule has 0 aromatic carbocycles. The molecule has 0 aliphatic heterocycles. The Labute approximate surface area is 103 Å². The fraction of sp³-hybridized carbons (Fsp3) is 0.333. The standard InChI is InChI=1S/C9H6F3IN2O/c1-5-7(13)4-6(2-3-14)15-8(5)16-9(10,11)12/h4H,2H2,1H3. The molecule has 3 nitrogen and oxygen atoms in total. The second-order valence-corrected chi connectivity index (χ2v) is 4.07.